The Hall–Kier alpha value is -0.850. The number of ether oxygens (including phenoxy) is 2. The third-order valence-corrected chi connectivity index (χ3v) is 2.89. The molecule has 6 nitrogen and oxygen atoms in total. The molecular formula is C11H24N4O2. The normalized spacial score (nSPS) is 21.0. The summed E-state index contributed by atoms with van der Waals surface area (Å²) in [4.78, 5) is 6.62. The van der Waals surface area contributed by atoms with Crippen molar-refractivity contribution in [1.29, 1.82) is 0 Å². The molecule has 0 amide bonds. The molecule has 1 unspecified atom stereocenters. The van der Waals surface area contributed by atoms with Crippen molar-refractivity contribution in [3.63, 3.8) is 0 Å². The molecule has 0 aliphatic carbocycles. The van der Waals surface area contributed by atoms with E-state index in [1.165, 1.54) is 0 Å². The van der Waals surface area contributed by atoms with Gasteiger partial charge in [0.05, 0.1) is 6.61 Å². The van der Waals surface area contributed by atoms with E-state index in [2.05, 4.69) is 15.3 Å². The molecule has 6 heteroatoms. The minimum Gasteiger partial charge on any atom is -0.385 e. The number of nitrogens with one attached hydrogen (secondary N) is 1. The largest absolute Gasteiger partial charge is 0.385 e. The van der Waals surface area contributed by atoms with Gasteiger partial charge in [0, 0.05) is 46.4 Å². The maximum absolute atomic E-state index is 5.50. The van der Waals surface area contributed by atoms with Gasteiger partial charge in [0.15, 0.2) is 0 Å². The van der Waals surface area contributed by atoms with Crippen molar-refractivity contribution in [1.82, 2.24) is 10.3 Å². The van der Waals surface area contributed by atoms with E-state index >= 15 is 0 Å². The number of rotatable bonds is 6. The van der Waals surface area contributed by atoms with Gasteiger partial charge >= 0.3 is 0 Å². The highest BCUT2D eigenvalue weighted by Crippen LogP contribution is 2.16. The zero-order chi connectivity index (χ0) is 12.5. The number of aliphatic imine (C=N–C) groups is 1. The quantitative estimate of drug-likeness (QED) is 0.223. The third-order valence-electron chi connectivity index (χ3n) is 2.89. The van der Waals surface area contributed by atoms with Crippen LogP contribution in [-0.2, 0) is 9.47 Å². The van der Waals surface area contributed by atoms with Crippen LogP contribution < -0.4 is 11.3 Å². The van der Waals surface area contributed by atoms with E-state index in [-0.39, 0.29) is 0 Å². The predicted molar refractivity (Wildman–Crippen MR) is 67.7 cm³/mol. The summed E-state index contributed by atoms with van der Waals surface area (Å²) in [5.41, 5.74) is 2.68. The minimum atomic E-state index is 0.581. The summed E-state index contributed by atoms with van der Waals surface area (Å²) in [5, 5.41) is 0. The van der Waals surface area contributed by atoms with E-state index in [9.17, 15) is 0 Å². The molecule has 0 aromatic carbocycles. The van der Waals surface area contributed by atoms with Crippen LogP contribution in [0.3, 0.4) is 0 Å². The second-order valence-electron chi connectivity index (χ2n) is 4.25. The average Bonchev–Trinajstić information content (AvgIpc) is 2.78. The number of hydrazine groups is 1. The van der Waals surface area contributed by atoms with E-state index in [4.69, 9.17) is 15.3 Å². The molecule has 1 aliphatic heterocycles. The maximum Gasteiger partial charge on any atom is 0.208 e. The first-order chi connectivity index (χ1) is 8.31. The number of nitrogens with zero attached hydrogens (tertiary/aromatic N) is 2. The number of likely N-dealkylation sites (tertiary alicyclic amines) is 1. The van der Waals surface area contributed by atoms with Crippen molar-refractivity contribution in [2.24, 2.45) is 16.8 Å². The van der Waals surface area contributed by atoms with Gasteiger partial charge in [-0.1, -0.05) is 0 Å². The summed E-state index contributed by atoms with van der Waals surface area (Å²) in [6.07, 6.45) is 2.05. The Morgan fingerprint density at radius 1 is 1.47 bits per heavy atom. The Bertz CT molecular complexity index is 236. The predicted octanol–water partition coefficient (Wildman–Crippen LogP) is -0.189. The minimum absolute atomic E-state index is 0.581. The molecule has 1 saturated heterocycles. The Morgan fingerprint density at radius 2 is 2.29 bits per heavy atom. The zero-order valence-corrected chi connectivity index (χ0v) is 10.8. The van der Waals surface area contributed by atoms with E-state index in [0.717, 1.165) is 51.6 Å². The first-order valence-electron chi connectivity index (χ1n) is 6.05. The summed E-state index contributed by atoms with van der Waals surface area (Å²) in [5.74, 6) is 6.86. The number of hydrogen-bond acceptors (Lipinski definition) is 4. The molecule has 100 valence electrons. The molecule has 0 spiro atoms. The fraction of sp³-hybridized carbons (Fsp3) is 0.909. The number of hydrogen-bond donors (Lipinski definition) is 2. The summed E-state index contributed by atoms with van der Waals surface area (Å²) >= 11 is 0. The lowest BCUT2D eigenvalue weighted by molar-refractivity contribution is 0.157. The Labute approximate surface area is 103 Å². The topological polar surface area (TPSA) is 72.1 Å². The molecule has 0 saturated carbocycles. The van der Waals surface area contributed by atoms with Gasteiger partial charge in [0.1, 0.15) is 0 Å². The van der Waals surface area contributed by atoms with Crippen LogP contribution in [-0.4, -0.2) is 57.9 Å². The average molecular weight is 244 g/mol. The molecule has 1 atom stereocenters. The smallest absolute Gasteiger partial charge is 0.208 e. The molecule has 0 radical (unpaired) electrons. The summed E-state index contributed by atoms with van der Waals surface area (Å²) < 4.78 is 10.1. The van der Waals surface area contributed by atoms with Crippen LogP contribution >= 0.6 is 0 Å². The molecule has 0 aromatic heterocycles. The number of methoxy groups -OCH3 is 2. The van der Waals surface area contributed by atoms with Gasteiger partial charge in [-0.15, -0.1) is 0 Å². The molecule has 1 rings (SSSR count). The van der Waals surface area contributed by atoms with Crippen molar-refractivity contribution >= 4 is 5.96 Å². The first-order valence-corrected chi connectivity index (χ1v) is 6.05. The molecule has 1 fully saturated rings. The van der Waals surface area contributed by atoms with Gasteiger partial charge in [-0.05, 0) is 12.8 Å². The highest BCUT2D eigenvalue weighted by atomic mass is 16.5. The van der Waals surface area contributed by atoms with Crippen molar-refractivity contribution in [2.75, 3.05) is 47.1 Å². The molecule has 1 aliphatic rings. The van der Waals surface area contributed by atoms with E-state index in [0.29, 0.717) is 5.92 Å². The van der Waals surface area contributed by atoms with E-state index in [1.807, 2.05) is 0 Å². The standard InChI is InChI=1S/C11H24N4O2/c1-16-7-3-5-13-11(14-12)15-6-4-10(8-15)9-17-2/h10H,3-9,12H2,1-2H3,(H,13,14). The molecule has 3 N–H and O–H groups in total. The highest BCUT2D eigenvalue weighted by Gasteiger charge is 2.24. The van der Waals surface area contributed by atoms with Crippen molar-refractivity contribution < 1.29 is 9.47 Å². The lowest BCUT2D eigenvalue weighted by Gasteiger charge is -2.20. The van der Waals surface area contributed by atoms with Crippen LogP contribution in [0.15, 0.2) is 4.99 Å². The van der Waals surface area contributed by atoms with Crippen LogP contribution in [0.4, 0.5) is 0 Å². The lowest BCUT2D eigenvalue weighted by atomic mass is 10.1. The van der Waals surface area contributed by atoms with Crippen molar-refractivity contribution in [2.45, 2.75) is 12.8 Å². The summed E-state index contributed by atoms with van der Waals surface area (Å²) in [6, 6.07) is 0. The number of guanidine groups is 1. The van der Waals surface area contributed by atoms with Crippen molar-refractivity contribution in [3.05, 3.63) is 0 Å². The molecule has 17 heavy (non-hydrogen) atoms. The van der Waals surface area contributed by atoms with Gasteiger partial charge in [-0.2, -0.15) is 0 Å². The van der Waals surface area contributed by atoms with Crippen LogP contribution in [0, 0.1) is 5.92 Å². The van der Waals surface area contributed by atoms with Crippen molar-refractivity contribution in [3.8, 4) is 0 Å². The van der Waals surface area contributed by atoms with Crippen LogP contribution in [0.25, 0.3) is 0 Å². The van der Waals surface area contributed by atoms with Crippen LogP contribution in [0.2, 0.25) is 0 Å². The van der Waals surface area contributed by atoms with Crippen LogP contribution in [0.5, 0.6) is 0 Å². The molecular weight excluding hydrogens is 220 g/mol. The number of nitrogens with two attached hydrogens (primary N) is 1. The second kappa shape index (κ2) is 8.27. The van der Waals surface area contributed by atoms with Gasteiger partial charge in [-0.3, -0.25) is 10.4 Å². The lowest BCUT2D eigenvalue weighted by Crippen LogP contribution is -2.44. The summed E-state index contributed by atoms with van der Waals surface area (Å²) in [7, 11) is 3.44. The van der Waals surface area contributed by atoms with Gasteiger partial charge < -0.3 is 14.4 Å². The van der Waals surface area contributed by atoms with Gasteiger partial charge in [0.2, 0.25) is 5.96 Å². The fourth-order valence-electron chi connectivity index (χ4n) is 2.03. The van der Waals surface area contributed by atoms with Crippen LogP contribution in [0.1, 0.15) is 12.8 Å². The third kappa shape index (κ3) is 4.89. The maximum atomic E-state index is 5.50. The highest BCUT2D eigenvalue weighted by molar-refractivity contribution is 5.79. The monoisotopic (exact) mass is 244 g/mol. The van der Waals surface area contributed by atoms with Gasteiger partial charge in [-0.25, -0.2) is 5.84 Å². The fourth-order valence-corrected chi connectivity index (χ4v) is 2.03. The van der Waals surface area contributed by atoms with E-state index < -0.39 is 0 Å². The molecule has 0 bridgehead atoms. The summed E-state index contributed by atoms with van der Waals surface area (Å²) in [6.45, 7) is 4.22. The first kappa shape index (κ1) is 14.2. The van der Waals surface area contributed by atoms with E-state index in [1.54, 1.807) is 14.2 Å². The molecule has 0 aromatic rings. The van der Waals surface area contributed by atoms with Gasteiger partial charge in [0.25, 0.3) is 0 Å². The molecule has 1 heterocycles. The second-order valence-corrected chi connectivity index (χ2v) is 4.25. The Morgan fingerprint density at radius 3 is 2.94 bits per heavy atom. The zero-order valence-electron chi connectivity index (χ0n) is 10.8. The Balaban J connectivity index is 2.35. The SMILES string of the molecule is COCCCN=C(NN)N1CCC(COC)C1. The Kier molecular flexibility index (Phi) is 6.91.